The van der Waals surface area contributed by atoms with Gasteiger partial charge in [-0.15, -0.1) is 0 Å². The zero-order valence-corrected chi connectivity index (χ0v) is 38.4. The lowest BCUT2D eigenvalue weighted by Gasteiger charge is -2.62. The third-order valence-corrected chi connectivity index (χ3v) is 18.8. The van der Waals surface area contributed by atoms with Crippen LogP contribution in [0.2, 0.25) is 0 Å². The fourth-order valence-electron chi connectivity index (χ4n) is 15.7. The lowest BCUT2D eigenvalue weighted by Crippen LogP contribution is -2.65. The molecule has 10 nitrogen and oxygen atoms in total. The summed E-state index contributed by atoms with van der Waals surface area (Å²) in [5.41, 5.74) is -3.38. The molecule has 10 atom stereocenters. The van der Waals surface area contributed by atoms with Crippen molar-refractivity contribution in [3.8, 4) is 0 Å². The number of fused-ring (bicyclic) bond motifs is 6. The summed E-state index contributed by atoms with van der Waals surface area (Å²) in [5.74, 6) is -24.2. The van der Waals surface area contributed by atoms with Crippen molar-refractivity contribution in [1.29, 1.82) is 0 Å². The second kappa shape index (κ2) is 15.8. The lowest BCUT2D eigenvalue weighted by atomic mass is 9.47. The Morgan fingerprint density at radius 3 is 1.52 bits per heavy atom. The number of carbonyl (C=O) groups is 2. The molecule has 3 saturated heterocycles. The molecule has 374 valence electrons. The molecular formula is C48H66F8O10. The fraction of sp³-hybridized carbons (Fsp3) is 0.958. The quantitative estimate of drug-likeness (QED) is 0.181. The highest BCUT2D eigenvalue weighted by molar-refractivity contribution is 5.78. The van der Waals surface area contributed by atoms with Gasteiger partial charge in [0.2, 0.25) is 0 Å². The molecule has 0 N–H and O–H groups in total. The van der Waals surface area contributed by atoms with Crippen LogP contribution in [0.15, 0.2) is 0 Å². The van der Waals surface area contributed by atoms with Crippen molar-refractivity contribution in [2.75, 3.05) is 52.9 Å². The van der Waals surface area contributed by atoms with Gasteiger partial charge in [0.05, 0.1) is 29.5 Å². The van der Waals surface area contributed by atoms with Crippen LogP contribution in [0, 0.1) is 75.4 Å². The van der Waals surface area contributed by atoms with E-state index < -0.39 is 119 Å². The van der Waals surface area contributed by atoms with Crippen LogP contribution in [0.1, 0.15) is 118 Å². The molecule has 8 bridgehead atoms. The molecule has 11 rings (SSSR count). The predicted molar refractivity (Wildman–Crippen MR) is 215 cm³/mol. The summed E-state index contributed by atoms with van der Waals surface area (Å²) in [4.78, 5) is 29.1. The molecule has 3 heterocycles. The largest absolute Gasteiger partial charge is 0.464 e. The van der Waals surface area contributed by atoms with E-state index in [-0.39, 0.29) is 69.4 Å². The Balaban J connectivity index is 0.871. The molecule has 0 aromatic heterocycles. The Labute approximate surface area is 380 Å². The van der Waals surface area contributed by atoms with Crippen molar-refractivity contribution in [2.24, 2.45) is 75.4 Å². The van der Waals surface area contributed by atoms with Crippen LogP contribution in [-0.2, 0) is 47.5 Å². The molecule has 11 aliphatic rings. The maximum absolute atomic E-state index is 14.6. The Bertz CT molecular complexity index is 1830. The van der Waals surface area contributed by atoms with Gasteiger partial charge in [0.25, 0.3) is 0 Å². The van der Waals surface area contributed by atoms with E-state index in [4.69, 9.17) is 37.9 Å². The SMILES string of the molecule is CCC1CC2CC(CC(C)(C(=O)OCC3(COC(=O)C45CC6CC(C4)C4(OCC(F)(F)C(F)(F)CO4)C(C6)C5)COC4(OC3)C(C)CC3CC(C)CC4C3)C2)C12OCC(F)(F)C(F)(F)CO2. The van der Waals surface area contributed by atoms with Crippen molar-refractivity contribution < 1.29 is 82.6 Å². The summed E-state index contributed by atoms with van der Waals surface area (Å²) in [6.07, 6.45) is 7.50. The minimum atomic E-state index is -4.44. The molecule has 10 unspecified atom stereocenters. The third-order valence-electron chi connectivity index (χ3n) is 18.8. The van der Waals surface area contributed by atoms with E-state index in [2.05, 4.69) is 13.8 Å². The molecule has 0 radical (unpaired) electrons. The molecule has 8 saturated carbocycles. The Morgan fingerprint density at radius 1 is 0.500 bits per heavy atom. The third kappa shape index (κ3) is 7.40. The molecular weight excluding hydrogens is 889 g/mol. The van der Waals surface area contributed by atoms with E-state index in [1.54, 1.807) is 6.92 Å². The number of carbonyl (C=O) groups excluding carboxylic acids is 2. The first-order chi connectivity index (χ1) is 30.8. The van der Waals surface area contributed by atoms with Gasteiger partial charge >= 0.3 is 35.6 Å². The maximum atomic E-state index is 14.6. The maximum Gasteiger partial charge on any atom is 0.335 e. The van der Waals surface area contributed by atoms with Crippen LogP contribution in [-0.4, -0.2) is 106 Å². The van der Waals surface area contributed by atoms with E-state index in [1.807, 2.05) is 6.92 Å². The monoisotopic (exact) mass is 954 g/mol. The summed E-state index contributed by atoms with van der Waals surface area (Å²) >= 11 is 0. The molecule has 0 aromatic carbocycles. The fourth-order valence-corrected chi connectivity index (χ4v) is 15.7. The van der Waals surface area contributed by atoms with Gasteiger partial charge in [0, 0.05) is 35.5 Å². The molecule has 8 aliphatic carbocycles. The number of alkyl halides is 8. The highest BCUT2D eigenvalue weighted by Crippen LogP contribution is 2.67. The van der Waals surface area contributed by atoms with Crippen LogP contribution in [0.5, 0.6) is 0 Å². The van der Waals surface area contributed by atoms with Gasteiger partial charge in [-0.25, -0.2) is 0 Å². The average Bonchev–Trinajstić information content (AvgIpc) is 3.41. The van der Waals surface area contributed by atoms with E-state index in [0.29, 0.717) is 56.8 Å². The van der Waals surface area contributed by atoms with Crippen LogP contribution < -0.4 is 0 Å². The van der Waals surface area contributed by atoms with Gasteiger partial charge in [-0.2, -0.15) is 35.1 Å². The van der Waals surface area contributed by atoms with E-state index in [9.17, 15) is 44.7 Å². The standard InChI is InChI=1S/C48H66F8O10/c1-5-32-10-30-11-34(47(32)63-23-42(49,50)43(51,52)24-64-47)16-39(4,14-30)37(57)59-19-40(21-61-46(62-22-40)28(3)8-29-6-27(2)7-33(46)9-29)20-60-38(58)41-15-31-12-35(17-41)48(36(13-31)18-41)65-25-44(53,54)45(55,56)26-66-48/h27-36H,5-26H2,1-4H3. The summed E-state index contributed by atoms with van der Waals surface area (Å²) in [6, 6.07) is 0. The number of esters is 2. The van der Waals surface area contributed by atoms with Crippen molar-refractivity contribution in [2.45, 2.75) is 159 Å². The van der Waals surface area contributed by atoms with E-state index in [0.717, 1.165) is 25.7 Å². The smallest absolute Gasteiger partial charge is 0.335 e. The number of rotatable bonds is 7. The first kappa shape index (κ1) is 47.8. The summed E-state index contributed by atoms with van der Waals surface area (Å²) in [6.45, 7) is 1.51. The predicted octanol–water partition coefficient (Wildman–Crippen LogP) is 9.60. The van der Waals surface area contributed by atoms with Gasteiger partial charge in [0.15, 0.2) is 17.4 Å². The highest BCUT2D eigenvalue weighted by atomic mass is 19.3. The normalized spacial score (nSPS) is 47.8. The second-order valence-corrected chi connectivity index (χ2v) is 23.6. The molecule has 18 heteroatoms. The summed E-state index contributed by atoms with van der Waals surface area (Å²) in [7, 11) is 0. The Kier molecular flexibility index (Phi) is 11.5. The van der Waals surface area contributed by atoms with Crippen molar-refractivity contribution >= 4 is 11.9 Å². The molecule has 3 spiro atoms. The van der Waals surface area contributed by atoms with Crippen LogP contribution >= 0.6 is 0 Å². The molecule has 3 aliphatic heterocycles. The summed E-state index contributed by atoms with van der Waals surface area (Å²) in [5, 5.41) is 0. The minimum absolute atomic E-state index is 0.00649. The van der Waals surface area contributed by atoms with Gasteiger partial charge in [-0.05, 0) is 120 Å². The van der Waals surface area contributed by atoms with Gasteiger partial charge in [-0.3, -0.25) is 9.59 Å². The topological polar surface area (TPSA) is 108 Å². The van der Waals surface area contributed by atoms with Crippen molar-refractivity contribution in [3.05, 3.63) is 0 Å². The molecule has 66 heavy (non-hydrogen) atoms. The van der Waals surface area contributed by atoms with Gasteiger partial charge < -0.3 is 37.9 Å². The number of ether oxygens (including phenoxy) is 8. The molecule has 0 amide bonds. The van der Waals surface area contributed by atoms with Crippen LogP contribution in [0.25, 0.3) is 0 Å². The van der Waals surface area contributed by atoms with Crippen LogP contribution in [0.3, 0.4) is 0 Å². The van der Waals surface area contributed by atoms with E-state index in [1.165, 1.54) is 0 Å². The zero-order chi connectivity index (χ0) is 47.1. The number of hydrogen-bond acceptors (Lipinski definition) is 10. The summed E-state index contributed by atoms with van der Waals surface area (Å²) < 4.78 is 166. The highest BCUT2D eigenvalue weighted by Gasteiger charge is 2.71. The van der Waals surface area contributed by atoms with Gasteiger partial charge in [-0.1, -0.05) is 20.8 Å². The van der Waals surface area contributed by atoms with Crippen molar-refractivity contribution in [1.82, 2.24) is 0 Å². The van der Waals surface area contributed by atoms with Crippen LogP contribution in [0.4, 0.5) is 35.1 Å². The van der Waals surface area contributed by atoms with Gasteiger partial charge in [0.1, 0.15) is 39.6 Å². The average molecular weight is 955 g/mol. The Morgan fingerprint density at radius 2 is 0.970 bits per heavy atom. The zero-order valence-electron chi connectivity index (χ0n) is 38.4. The van der Waals surface area contributed by atoms with E-state index >= 15 is 0 Å². The first-order valence-corrected chi connectivity index (χ1v) is 24.5. The second-order valence-electron chi connectivity index (χ2n) is 23.6. The van der Waals surface area contributed by atoms with Crippen molar-refractivity contribution in [3.63, 3.8) is 0 Å². The lowest BCUT2D eigenvalue weighted by molar-refractivity contribution is -0.370. The molecule has 11 fully saturated rings. The minimum Gasteiger partial charge on any atom is -0.464 e. The Hall–Kier alpha value is -1.86. The first-order valence-electron chi connectivity index (χ1n) is 24.5. The molecule has 0 aromatic rings. The number of halogens is 8. The number of hydrogen-bond donors (Lipinski definition) is 0.